The summed E-state index contributed by atoms with van der Waals surface area (Å²) in [5, 5.41) is 18.3. The van der Waals surface area contributed by atoms with Gasteiger partial charge in [0.2, 0.25) is 5.89 Å². The summed E-state index contributed by atoms with van der Waals surface area (Å²) in [4.78, 5) is 0. The van der Waals surface area contributed by atoms with Crippen molar-refractivity contribution in [2.24, 2.45) is 0 Å². The van der Waals surface area contributed by atoms with E-state index in [1.807, 2.05) is 6.07 Å². The SMILES string of the molecule is COc1cc(OC)c2c(c1)OC1CC(c3nnc(N)o3)C(O)C21. The lowest BCUT2D eigenvalue weighted by molar-refractivity contribution is 0.125. The topological polar surface area (TPSA) is 113 Å². The maximum Gasteiger partial charge on any atom is 0.312 e. The molecule has 0 bridgehead atoms. The van der Waals surface area contributed by atoms with Crippen molar-refractivity contribution in [2.75, 3.05) is 20.0 Å². The Labute approximate surface area is 132 Å². The monoisotopic (exact) mass is 319 g/mol. The molecular formula is C15H17N3O5. The minimum absolute atomic E-state index is 0.00658. The minimum atomic E-state index is -0.719. The molecule has 3 N–H and O–H groups in total. The normalized spacial score (nSPS) is 28.1. The maximum atomic E-state index is 10.8. The number of anilines is 1. The molecule has 1 saturated carbocycles. The van der Waals surface area contributed by atoms with E-state index < -0.39 is 6.10 Å². The Morgan fingerprint density at radius 1 is 1.26 bits per heavy atom. The average molecular weight is 319 g/mol. The van der Waals surface area contributed by atoms with Crippen molar-refractivity contribution in [3.63, 3.8) is 0 Å². The van der Waals surface area contributed by atoms with E-state index in [4.69, 9.17) is 24.4 Å². The van der Waals surface area contributed by atoms with E-state index in [0.29, 0.717) is 29.6 Å². The Bertz CT molecular complexity index is 747. The van der Waals surface area contributed by atoms with Crippen molar-refractivity contribution >= 4 is 6.01 Å². The van der Waals surface area contributed by atoms with Gasteiger partial charge in [0.05, 0.1) is 32.2 Å². The van der Waals surface area contributed by atoms with Crippen LogP contribution in [0.25, 0.3) is 0 Å². The number of nitrogens with two attached hydrogens (primary N) is 1. The van der Waals surface area contributed by atoms with Crippen LogP contribution in [-0.4, -0.2) is 41.7 Å². The molecule has 0 saturated heterocycles. The van der Waals surface area contributed by atoms with Crippen LogP contribution in [0.3, 0.4) is 0 Å². The first kappa shape index (κ1) is 14.1. The van der Waals surface area contributed by atoms with Gasteiger partial charge in [0.15, 0.2) is 0 Å². The van der Waals surface area contributed by atoms with Crippen LogP contribution in [-0.2, 0) is 0 Å². The molecule has 2 aliphatic rings. The summed E-state index contributed by atoms with van der Waals surface area (Å²) in [6.45, 7) is 0. The molecule has 0 spiro atoms. The van der Waals surface area contributed by atoms with Crippen LogP contribution in [0.1, 0.15) is 29.7 Å². The predicted molar refractivity (Wildman–Crippen MR) is 78.8 cm³/mol. The maximum absolute atomic E-state index is 10.8. The predicted octanol–water partition coefficient (Wildman–Crippen LogP) is 1.06. The van der Waals surface area contributed by atoms with E-state index in [1.54, 1.807) is 20.3 Å². The Morgan fingerprint density at radius 3 is 2.74 bits per heavy atom. The molecular weight excluding hydrogens is 302 g/mol. The average Bonchev–Trinajstić information content (AvgIpc) is 3.21. The second kappa shape index (κ2) is 5.02. The first-order valence-corrected chi connectivity index (χ1v) is 7.32. The molecule has 2 heterocycles. The van der Waals surface area contributed by atoms with E-state index in [2.05, 4.69) is 10.2 Å². The zero-order valence-corrected chi connectivity index (χ0v) is 12.7. The van der Waals surface area contributed by atoms with Crippen molar-refractivity contribution in [2.45, 2.75) is 30.5 Å². The van der Waals surface area contributed by atoms with Crippen LogP contribution in [0.2, 0.25) is 0 Å². The molecule has 122 valence electrons. The lowest BCUT2D eigenvalue weighted by atomic mass is 9.92. The molecule has 4 unspecified atom stereocenters. The fourth-order valence-electron chi connectivity index (χ4n) is 3.58. The van der Waals surface area contributed by atoms with E-state index in [1.165, 1.54) is 0 Å². The van der Waals surface area contributed by atoms with Gasteiger partial charge in [0.1, 0.15) is 23.4 Å². The number of aliphatic hydroxyl groups excluding tert-OH is 1. The molecule has 1 aliphatic carbocycles. The van der Waals surface area contributed by atoms with Crippen molar-refractivity contribution in [3.8, 4) is 17.2 Å². The van der Waals surface area contributed by atoms with Gasteiger partial charge in [-0.1, -0.05) is 5.10 Å². The molecule has 4 rings (SSSR count). The lowest BCUT2D eigenvalue weighted by Crippen LogP contribution is -2.21. The molecule has 1 aromatic heterocycles. The van der Waals surface area contributed by atoms with E-state index in [0.717, 1.165) is 5.56 Å². The highest BCUT2D eigenvalue weighted by Crippen LogP contribution is 2.55. The second-order valence-corrected chi connectivity index (χ2v) is 5.73. The molecule has 2 aromatic rings. The molecule has 0 amide bonds. The van der Waals surface area contributed by atoms with E-state index in [-0.39, 0.29) is 24.0 Å². The summed E-state index contributed by atoms with van der Waals surface area (Å²) >= 11 is 0. The molecule has 0 radical (unpaired) electrons. The number of aromatic nitrogens is 2. The summed E-state index contributed by atoms with van der Waals surface area (Å²) < 4.78 is 22.0. The number of hydrogen-bond acceptors (Lipinski definition) is 8. The molecule has 1 aliphatic heterocycles. The van der Waals surface area contributed by atoms with Crippen molar-refractivity contribution in [3.05, 3.63) is 23.6 Å². The highest BCUT2D eigenvalue weighted by molar-refractivity contribution is 5.56. The third kappa shape index (κ3) is 2.02. The first-order valence-electron chi connectivity index (χ1n) is 7.32. The van der Waals surface area contributed by atoms with Crippen LogP contribution in [0, 0.1) is 0 Å². The number of nitrogen functional groups attached to an aromatic ring is 1. The highest BCUT2D eigenvalue weighted by Gasteiger charge is 2.53. The molecule has 8 nitrogen and oxygen atoms in total. The Hall–Kier alpha value is -2.48. The van der Waals surface area contributed by atoms with Gasteiger partial charge in [-0.2, -0.15) is 0 Å². The van der Waals surface area contributed by atoms with Crippen LogP contribution in [0.5, 0.6) is 17.2 Å². The molecule has 8 heteroatoms. The fourth-order valence-corrected chi connectivity index (χ4v) is 3.58. The van der Waals surface area contributed by atoms with Gasteiger partial charge < -0.3 is 29.5 Å². The quantitative estimate of drug-likeness (QED) is 0.863. The minimum Gasteiger partial charge on any atom is -0.496 e. The standard InChI is InChI=1S/C15H17N3O5/c1-20-6-3-8(21-2)11-9(4-6)22-10-5-7(13(19)12(10)11)14-17-18-15(16)23-14/h3-4,7,10,12-13,19H,5H2,1-2H3,(H2,16,18). The van der Waals surface area contributed by atoms with Crippen molar-refractivity contribution in [1.29, 1.82) is 0 Å². The molecule has 1 aromatic carbocycles. The third-order valence-corrected chi connectivity index (χ3v) is 4.59. The van der Waals surface area contributed by atoms with Crippen LogP contribution in [0.15, 0.2) is 16.5 Å². The van der Waals surface area contributed by atoms with Gasteiger partial charge in [0.25, 0.3) is 0 Å². The van der Waals surface area contributed by atoms with Gasteiger partial charge in [0, 0.05) is 17.7 Å². The Morgan fingerprint density at radius 2 is 2.09 bits per heavy atom. The third-order valence-electron chi connectivity index (χ3n) is 4.59. The van der Waals surface area contributed by atoms with Gasteiger partial charge >= 0.3 is 6.01 Å². The fraction of sp³-hybridized carbons (Fsp3) is 0.467. The zero-order valence-electron chi connectivity index (χ0n) is 12.7. The Kier molecular flexibility index (Phi) is 3.08. The van der Waals surface area contributed by atoms with E-state index in [9.17, 15) is 5.11 Å². The summed E-state index contributed by atoms with van der Waals surface area (Å²) in [5.74, 6) is 1.77. The van der Waals surface area contributed by atoms with Gasteiger partial charge in [-0.05, 0) is 6.42 Å². The number of methoxy groups -OCH3 is 2. The lowest BCUT2D eigenvalue weighted by Gasteiger charge is -2.18. The largest absolute Gasteiger partial charge is 0.496 e. The van der Waals surface area contributed by atoms with Crippen molar-refractivity contribution < 1.29 is 23.7 Å². The van der Waals surface area contributed by atoms with Gasteiger partial charge in [-0.15, -0.1) is 5.10 Å². The Balaban J connectivity index is 1.72. The zero-order chi connectivity index (χ0) is 16.1. The molecule has 4 atom stereocenters. The number of aliphatic hydroxyl groups is 1. The van der Waals surface area contributed by atoms with Crippen molar-refractivity contribution in [1.82, 2.24) is 10.2 Å². The highest BCUT2D eigenvalue weighted by atomic mass is 16.5. The summed E-state index contributed by atoms with van der Waals surface area (Å²) in [6.07, 6.45) is -0.337. The molecule has 1 fully saturated rings. The van der Waals surface area contributed by atoms with Crippen LogP contribution < -0.4 is 19.9 Å². The summed E-state index contributed by atoms with van der Waals surface area (Å²) in [7, 11) is 3.17. The summed E-state index contributed by atoms with van der Waals surface area (Å²) in [6, 6.07) is 3.59. The number of hydrogen-bond donors (Lipinski definition) is 2. The van der Waals surface area contributed by atoms with Gasteiger partial charge in [-0.3, -0.25) is 0 Å². The van der Waals surface area contributed by atoms with Gasteiger partial charge in [-0.25, -0.2) is 0 Å². The number of rotatable bonds is 3. The number of nitrogens with zero attached hydrogens (tertiary/aromatic N) is 2. The van der Waals surface area contributed by atoms with Crippen LogP contribution in [0.4, 0.5) is 6.01 Å². The first-order chi connectivity index (χ1) is 11.1. The smallest absolute Gasteiger partial charge is 0.312 e. The molecule has 23 heavy (non-hydrogen) atoms. The number of ether oxygens (including phenoxy) is 3. The number of benzene rings is 1. The second-order valence-electron chi connectivity index (χ2n) is 5.73. The number of fused-ring (bicyclic) bond motifs is 3. The van der Waals surface area contributed by atoms with Crippen LogP contribution >= 0.6 is 0 Å². The van der Waals surface area contributed by atoms with E-state index >= 15 is 0 Å². The summed E-state index contributed by atoms with van der Waals surface area (Å²) in [5.41, 5.74) is 6.32.